The first-order valence-corrected chi connectivity index (χ1v) is 16.4. The van der Waals surface area contributed by atoms with Crippen LogP contribution < -0.4 is 4.90 Å². The van der Waals surface area contributed by atoms with Gasteiger partial charge in [0, 0.05) is 33.5 Å². The van der Waals surface area contributed by atoms with E-state index in [4.69, 9.17) is 4.42 Å². The Morgan fingerprint density at radius 2 is 0.854 bits per heavy atom. The van der Waals surface area contributed by atoms with Crippen molar-refractivity contribution in [2.75, 3.05) is 4.90 Å². The Morgan fingerprint density at radius 3 is 1.54 bits per heavy atom. The Hall–Kier alpha value is -6.38. The molecule has 9 rings (SSSR count). The van der Waals surface area contributed by atoms with E-state index in [1.165, 1.54) is 27.6 Å². The summed E-state index contributed by atoms with van der Waals surface area (Å²) in [5.41, 5.74) is 12.0. The van der Waals surface area contributed by atoms with Gasteiger partial charge in [-0.1, -0.05) is 152 Å². The normalized spacial score (nSPS) is 11.3. The first-order chi connectivity index (χ1) is 23.8. The van der Waals surface area contributed by atoms with E-state index in [1.807, 2.05) is 6.07 Å². The van der Waals surface area contributed by atoms with Crippen molar-refractivity contribution in [2.45, 2.75) is 0 Å². The molecule has 0 aliphatic carbocycles. The summed E-state index contributed by atoms with van der Waals surface area (Å²) < 4.78 is 6.57. The van der Waals surface area contributed by atoms with Crippen molar-refractivity contribution in [3.63, 3.8) is 0 Å². The van der Waals surface area contributed by atoms with Gasteiger partial charge < -0.3 is 9.32 Å². The Balaban J connectivity index is 1.34. The van der Waals surface area contributed by atoms with Crippen LogP contribution in [-0.2, 0) is 0 Å². The molecular weight excluding hydrogens is 583 g/mol. The standard InChI is InChI=1S/C46H31NO/c1-4-14-32(15-5-1)34-24-27-37(28-25-34)47(42-29-26-36(33-16-6-2-7-17-33)30-41(42)35-18-8-3-9-19-35)43-31-45-46(39-21-11-10-20-38(39)43)40-22-12-13-23-44(40)48-45/h1-31H. The maximum atomic E-state index is 6.57. The number of rotatable bonds is 6. The summed E-state index contributed by atoms with van der Waals surface area (Å²) in [7, 11) is 0. The Bertz CT molecular complexity index is 2530. The van der Waals surface area contributed by atoms with Gasteiger partial charge in [-0.3, -0.25) is 0 Å². The van der Waals surface area contributed by atoms with Crippen molar-refractivity contribution in [2.24, 2.45) is 0 Å². The highest BCUT2D eigenvalue weighted by Crippen LogP contribution is 2.48. The van der Waals surface area contributed by atoms with E-state index < -0.39 is 0 Å². The van der Waals surface area contributed by atoms with E-state index in [1.54, 1.807) is 0 Å². The molecular formula is C46H31NO. The molecule has 0 unspecified atom stereocenters. The molecule has 226 valence electrons. The zero-order valence-electron chi connectivity index (χ0n) is 26.3. The van der Waals surface area contributed by atoms with Crippen LogP contribution in [0.1, 0.15) is 0 Å². The summed E-state index contributed by atoms with van der Waals surface area (Å²) in [6.07, 6.45) is 0. The van der Waals surface area contributed by atoms with Crippen molar-refractivity contribution in [3.05, 3.63) is 188 Å². The topological polar surface area (TPSA) is 16.4 Å². The lowest BCUT2D eigenvalue weighted by molar-refractivity contribution is 0.669. The van der Waals surface area contributed by atoms with E-state index >= 15 is 0 Å². The average Bonchev–Trinajstić information content (AvgIpc) is 3.55. The molecule has 0 bridgehead atoms. The van der Waals surface area contributed by atoms with Crippen molar-refractivity contribution in [1.29, 1.82) is 0 Å². The van der Waals surface area contributed by atoms with Gasteiger partial charge in [0.15, 0.2) is 0 Å². The molecule has 2 nitrogen and oxygen atoms in total. The predicted molar refractivity (Wildman–Crippen MR) is 202 cm³/mol. The van der Waals surface area contributed by atoms with Gasteiger partial charge in [0.1, 0.15) is 11.2 Å². The van der Waals surface area contributed by atoms with Crippen molar-refractivity contribution in [3.8, 4) is 33.4 Å². The third-order valence-corrected chi connectivity index (χ3v) is 9.27. The number of fused-ring (bicyclic) bond motifs is 5. The second-order valence-electron chi connectivity index (χ2n) is 12.1. The Morgan fingerprint density at radius 1 is 0.333 bits per heavy atom. The van der Waals surface area contributed by atoms with Crippen molar-refractivity contribution >= 4 is 49.8 Å². The third kappa shape index (κ3) is 4.83. The smallest absolute Gasteiger partial charge is 0.138 e. The highest BCUT2D eigenvalue weighted by Gasteiger charge is 2.23. The number of nitrogens with zero attached hydrogens (tertiary/aromatic N) is 1. The van der Waals surface area contributed by atoms with E-state index in [-0.39, 0.29) is 0 Å². The third-order valence-electron chi connectivity index (χ3n) is 9.27. The molecule has 0 atom stereocenters. The number of hydrogen-bond acceptors (Lipinski definition) is 2. The second kappa shape index (κ2) is 11.8. The fraction of sp³-hybridized carbons (Fsp3) is 0. The van der Waals surface area contributed by atoms with Gasteiger partial charge >= 0.3 is 0 Å². The molecule has 0 radical (unpaired) electrons. The second-order valence-corrected chi connectivity index (χ2v) is 12.1. The lowest BCUT2D eigenvalue weighted by atomic mass is 9.95. The first kappa shape index (κ1) is 27.9. The highest BCUT2D eigenvalue weighted by molar-refractivity contribution is 6.22. The zero-order chi connectivity index (χ0) is 31.9. The van der Waals surface area contributed by atoms with Crippen LogP contribution in [0.3, 0.4) is 0 Å². The summed E-state index contributed by atoms with van der Waals surface area (Å²) in [4.78, 5) is 2.40. The fourth-order valence-corrected chi connectivity index (χ4v) is 6.99. The number of hydrogen-bond donors (Lipinski definition) is 0. The number of para-hydroxylation sites is 1. The minimum atomic E-state index is 0.873. The number of benzene rings is 8. The summed E-state index contributed by atoms with van der Waals surface area (Å²) >= 11 is 0. The van der Waals surface area contributed by atoms with E-state index in [9.17, 15) is 0 Å². The largest absolute Gasteiger partial charge is 0.456 e. The summed E-state index contributed by atoms with van der Waals surface area (Å²) in [5.74, 6) is 0. The lowest BCUT2D eigenvalue weighted by Gasteiger charge is -2.30. The average molecular weight is 614 g/mol. The molecule has 0 saturated carbocycles. The molecule has 0 saturated heterocycles. The van der Waals surface area contributed by atoms with E-state index in [2.05, 4.69) is 187 Å². The molecule has 1 heterocycles. The molecule has 48 heavy (non-hydrogen) atoms. The highest BCUT2D eigenvalue weighted by atomic mass is 16.3. The Kier molecular flexibility index (Phi) is 6.84. The molecule has 0 aliphatic rings. The molecule has 8 aromatic carbocycles. The zero-order valence-corrected chi connectivity index (χ0v) is 26.3. The van der Waals surface area contributed by atoms with Gasteiger partial charge in [-0.25, -0.2) is 0 Å². The summed E-state index contributed by atoms with van der Waals surface area (Å²) in [6, 6.07) is 66.9. The van der Waals surface area contributed by atoms with E-state index in [0.717, 1.165) is 55.5 Å². The fourth-order valence-electron chi connectivity index (χ4n) is 6.99. The van der Waals surface area contributed by atoms with Gasteiger partial charge in [-0.2, -0.15) is 0 Å². The molecule has 0 spiro atoms. The minimum absolute atomic E-state index is 0.873. The molecule has 9 aromatic rings. The van der Waals surface area contributed by atoms with Gasteiger partial charge in [0.2, 0.25) is 0 Å². The van der Waals surface area contributed by atoms with Gasteiger partial charge in [0.05, 0.1) is 11.4 Å². The van der Waals surface area contributed by atoms with Crippen molar-refractivity contribution in [1.82, 2.24) is 0 Å². The molecule has 0 N–H and O–H groups in total. The van der Waals surface area contributed by atoms with Crippen LogP contribution in [0.5, 0.6) is 0 Å². The predicted octanol–water partition coefficient (Wildman–Crippen LogP) is 13.2. The molecule has 0 fully saturated rings. The van der Waals surface area contributed by atoms with Crippen LogP contribution in [0.2, 0.25) is 0 Å². The maximum absolute atomic E-state index is 6.57. The van der Waals surface area contributed by atoms with Crippen LogP contribution in [0.4, 0.5) is 17.1 Å². The van der Waals surface area contributed by atoms with Crippen LogP contribution in [0, 0.1) is 0 Å². The molecule has 0 amide bonds. The van der Waals surface area contributed by atoms with Crippen LogP contribution in [0.25, 0.3) is 66.1 Å². The first-order valence-electron chi connectivity index (χ1n) is 16.4. The lowest BCUT2D eigenvalue weighted by Crippen LogP contribution is -2.12. The number of anilines is 3. The monoisotopic (exact) mass is 613 g/mol. The Labute approximate surface area is 279 Å². The van der Waals surface area contributed by atoms with Crippen LogP contribution in [0.15, 0.2) is 192 Å². The van der Waals surface area contributed by atoms with E-state index in [0.29, 0.717) is 0 Å². The molecule has 2 heteroatoms. The number of furan rings is 1. The van der Waals surface area contributed by atoms with Crippen LogP contribution in [-0.4, -0.2) is 0 Å². The summed E-state index contributed by atoms with van der Waals surface area (Å²) in [6.45, 7) is 0. The minimum Gasteiger partial charge on any atom is -0.456 e. The summed E-state index contributed by atoms with van der Waals surface area (Å²) in [5, 5.41) is 4.61. The quantitative estimate of drug-likeness (QED) is 0.185. The molecule has 1 aromatic heterocycles. The maximum Gasteiger partial charge on any atom is 0.138 e. The van der Waals surface area contributed by atoms with Gasteiger partial charge in [0.25, 0.3) is 0 Å². The SMILES string of the molecule is c1ccc(-c2ccc(N(c3ccc(-c4ccccc4)cc3-c3ccccc3)c3cc4oc5ccccc5c4c4ccccc34)cc2)cc1. The molecule has 0 aliphatic heterocycles. The van der Waals surface area contributed by atoms with Crippen LogP contribution >= 0.6 is 0 Å². The van der Waals surface area contributed by atoms with Crippen molar-refractivity contribution < 1.29 is 4.42 Å². The van der Waals surface area contributed by atoms with Gasteiger partial charge in [-0.05, 0) is 63.5 Å². The van der Waals surface area contributed by atoms with Gasteiger partial charge in [-0.15, -0.1) is 0 Å².